The molecule has 37 heavy (non-hydrogen) atoms. The largest absolute Gasteiger partial charge is 0.390 e. The predicted molar refractivity (Wildman–Crippen MR) is 139 cm³/mol. The molecule has 1 aromatic carbocycles. The Balaban J connectivity index is 1.28. The summed E-state index contributed by atoms with van der Waals surface area (Å²) in [7, 11) is 1.83. The molecule has 0 spiro atoms. The summed E-state index contributed by atoms with van der Waals surface area (Å²) >= 11 is 0. The van der Waals surface area contributed by atoms with E-state index in [4.69, 9.17) is 4.74 Å². The van der Waals surface area contributed by atoms with Crippen LogP contribution in [0.4, 0.5) is 4.39 Å². The number of halogens is 1. The Bertz CT molecular complexity index is 1210. The van der Waals surface area contributed by atoms with Crippen molar-refractivity contribution in [3.05, 3.63) is 24.0 Å². The fourth-order valence-corrected chi connectivity index (χ4v) is 10.1. The molecule has 1 N–H and O–H groups in total. The number of nitrogens with zero attached hydrogens (tertiary/aromatic N) is 3. The van der Waals surface area contributed by atoms with Gasteiger partial charge in [0.25, 0.3) is 0 Å². The molecule has 1 aromatic heterocycles. The Kier molecular flexibility index (Phi) is 5.89. The van der Waals surface area contributed by atoms with E-state index in [-0.39, 0.29) is 40.3 Å². The van der Waals surface area contributed by atoms with Crippen molar-refractivity contribution in [3.63, 3.8) is 0 Å². The number of ketones is 1. The van der Waals surface area contributed by atoms with E-state index in [0.717, 1.165) is 58.0 Å². The number of fused-ring (bicyclic) bond motifs is 6. The number of rotatable bonds is 5. The number of carbonyl (C=O) groups is 1. The number of hydrogen-bond acceptors (Lipinski definition) is 5. The molecule has 202 valence electrons. The number of Topliss-reactive ketones (excluding diaryl/α,β-unsaturated/α-hetero) is 1. The van der Waals surface area contributed by atoms with E-state index in [1.54, 1.807) is 12.1 Å². The fraction of sp³-hybridized carbons (Fsp3) is 0.767. The number of carbonyl (C=O) groups excluding carboxylic acids is 1. The highest BCUT2D eigenvalue weighted by Gasteiger charge is 2.67. The standard InChI is InChI=1S/C30H42FN3O3/c1-27(36)14-15-30(18-37-4)19(16-27)8-9-20-21(30)10-12-29(3)22(11-13-28(20,29)2)25(35)17-34-26-23(31)6-5-7-24(26)32-33-34/h5-7,19-22,36H,8-18H2,1-4H3/t19-,20+,21-,22+,27+,28-,29+,30+/m0/s1. The van der Waals surface area contributed by atoms with Crippen LogP contribution in [-0.2, 0) is 16.1 Å². The first kappa shape index (κ1) is 25.4. The summed E-state index contributed by atoms with van der Waals surface area (Å²) in [6.07, 6.45) is 9.13. The quantitative estimate of drug-likeness (QED) is 0.568. The number of aromatic nitrogens is 3. The van der Waals surface area contributed by atoms with Gasteiger partial charge < -0.3 is 9.84 Å². The van der Waals surface area contributed by atoms with Crippen molar-refractivity contribution in [2.45, 2.75) is 90.7 Å². The second-order valence-electron chi connectivity index (χ2n) is 13.6. The van der Waals surface area contributed by atoms with Crippen LogP contribution in [0.3, 0.4) is 0 Å². The zero-order valence-corrected chi connectivity index (χ0v) is 22.8. The molecule has 4 aliphatic rings. The third kappa shape index (κ3) is 3.59. The summed E-state index contributed by atoms with van der Waals surface area (Å²) in [5, 5.41) is 19.1. The molecular formula is C30H42FN3O3. The van der Waals surface area contributed by atoms with Crippen LogP contribution in [0, 0.1) is 45.7 Å². The van der Waals surface area contributed by atoms with Crippen LogP contribution in [0.1, 0.15) is 78.6 Å². The van der Waals surface area contributed by atoms with Gasteiger partial charge in [0.1, 0.15) is 17.6 Å². The average molecular weight is 512 g/mol. The lowest BCUT2D eigenvalue weighted by Crippen LogP contribution is -2.61. The molecule has 0 saturated heterocycles. The lowest BCUT2D eigenvalue weighted by molar-refractivity contribution is -0.197. The number of ether oxygens (including phenoxy) is 1. The Morgan fingerprint density at radius 3 is 2.65 bits per heavy atom. The molecule has 8 atom stereocenters. The molecule has 6 rings (SSSR count). The Morgan fingerprint density at radius 2 is 1.86 bits per heavy atom. The maximum Gasteiger partial charge on any atom is 0.158 e. The molecule has 0 amide bonds. The van der Waals surface area contributed by atoms with Crippen molar-refractivity contribution in [2.75, 3.05) is 13.7 Å². The van der Waals surface area contributed by atoms with Crippen molar-refractivity contribution in [1.82, 2.24) is 15.0 Å². The van der Waals surface area contributed by atoms with Gasteiger partial charge in [-0.25, -0.2) is 9.07 Å². The molecule has 0 radical (unpaired) electrons. The fourth-order valence-electron chi connectivity index (χ4n) is 10.1. The number of aliphatic hydroxyl groups is 1. The lowest BCUT2D eigenvalue weighted by Gasteiger charge is -2.65. The van der Waals surface area contributed by atoms with Crippen molar-refractivity contribution in [2.24, 2.45) is 39.9 Å². The first-order valence-corrected chi connectivity index (χ1v) is 14.3. The molecule has 0 aliphatic heterocycles. The van der Waals surface area contributed by atoms with Gasteiger partial charge in [0.05, 0.1) is 12.2 Å². The van der Waals surface area contributed by atoms with Crippen LogP contribution in [0.15, 0.2) is 18.2 Å². The van der Waals surface area contributed by atoms with Gasteiger partial charge in [0, 0.05) is 13.0 Å². The summed E-state index contributed by atoms with van der Waals surface area (Å²) in [6.45, 7) is 7.68. The normalized spacial score (nSPS) is 43.3. The third-order valence-electron chi connectivity index (χ3n) is 12.1. The Hall–Kier alpha value is -1.86. The highest BCUT2D eigenvalue weighted by molar-refractivity contribution is 5.84. The molecule has 2 aromatic rings. The van der Waals surface area contributed by atoms with Gasteiger partial charge in [0.15, 0.2) is 11.6 Å². The smallest absolute Gasteiger partial charge is 0.158 e. The highest BCUT2D eigenvalue weighted by Crippen LogP contribution is 2.73. The zero-order valence-electron chi connectivity index (χ0n) is 22.8. The van der Waals surface area contributed by atoms with E-state index in [0.29, 0.717) is 28.8 Å². The summed E-state index contributed by atoms with van der Waals surface area (Å²) < 4.78 is 21.9. The van der Waals surface area contributed by atoms with E-state index in [2.05, 4.69) is 24.2 Å². The number of para-hydroxylation sites is 1. The van der Waals surface area contributed by atoms with Crippen LogP contribution < -0.4 is 0 Å². The summed E-state index contributed by atoms with van der Waals surface area (Å²) in [6, 6.07) is 4.76. The molecule has 4 saturated carbocycles. The predicted octanol–water partition coefficient (Wildman–Crippen LogP) is 5.57. The van der Waals surface area contributed by atoms with Crippen molar-refractivity contribution >= 4 is 16.8 Å². The van der Waals surface area contributed by atoms with E-state index >= 15 is 0 Å². The Morgan fingerprint density at radius 1 is 1.08 bits per heavy atom. The number of methoxy groups -OCH3 is 1. The maximum absolute atomic E-state index is 14.5. The van der Waals surface area contributed by atoms with E-state index in [1.807, 2.05) is 14.0 Å². The monoisotopic (exact) mass is 511 g/mol. The van der Waals surface area contributed by atoms with Crippen LogP contribution >= 0.6 is 0 Å². The first-order chi connectivity index (χ1) is 17.5. The molecular weight excluding hydrogens is 469 g/mol. The average Bonchev–Trinajstić information content (AvgIpc) is 3.38. The van der Waals surface area contributed by atoms with Crippen molar-refractivity contribution in [1.29, 1.82) is 0 Å². The van der Waals surface area contributed by atoms with Gasteiger partial charge in [-0.2, -0.15) is 0 Å². The lowest BCUT2D eigenvalue weighted by atomic mass is 9.40. The Labute approximate surface area is 219 Å². The van der Waals surface area contributed by atoms with E-state index in [1.165, 1.54) is 17.2 Å². The highest BCUT2D eigenvalue weighted by atomic mass is 19.1. The SMILES string of the molecule is COC[C@]12CC[C@@](C)(O)C[C@@H]1CC[C@@H]1[C@@H]2CC[C@]2(C)[C@@H](C(=O)Cn3nnc4cccc(F)c43)CC[C@@]12C. The molecule has 1 heterocycles. The van der Waals surface area contributed by atoms with Crippen LogP contribution in [0.2, 0.25) is 0 Å². The number of hydrogen-bond donors (Lipinski definition) is 1. The first-order valence-electron chi connectivity index (χ1n) is 14.3. The topological polar surface area (TPSA) is 77.2 Å². The molecule has 0 bridgehead atoms. The molecule has 6 nitrogen and oxygen atoms in total. The van der Waals surface area contributed by atoms with Crippen LogP contribution in [0.5, 0.6) is 0 Å². The molecule has 4 fully saturated rings. The minimum Gasteiger partial charge on any atom is -0.390 e. The van der Waals surface area contributed by atoms with Crippen molar-refractivity contribution in [3.8, 4) is 0 Å². The second kappa shape index (κ2) is 8.57. The molecule has 4 aliphatic carbocycles. The third-order valence-corrected chi connectivity index (χ3v) is 12.1. The molecule has 0 unspecified atom stereocenters. The molecule has 7 heteroatoms. The van der Waals surface area contributed by atoms with Crippen LogP contribution in [0.25, 0.3) is 11.0 Å². The van der Waals surface area contributed by atoms with Gasteiger partial charge >= 0.3 is 0 Å². The van der Waals surface area contributed by atoms with Crippen molar-refractivity contribution < 1.29 is 19.0 Å². The maximum atomic E-state index is 14.5. The van der Waals surface area contributed by atoms with Gasteiger partial charge in [-0.05, 0) is 111 Å². The summed E-state index contributed by atoms with van der Waals surface area (Å²) in [5.74, 6) is 1.36. The van der Waals surface area contributed by atoms with Gasteiger partial charge in [0.2, 0.25) is 0 Å². The summed E-state index contributed by atoms with van der Waals surface area (Å²) in [4.78, 5) is 13.8. The minimum atomic E-state index is -0.572. The van der Waals surface area contributed by atoms with Gasteiger partial charge in [-0.15, -0.1) is 5.10 Å². The van der Waals surface area contributed by atoms with E-state index < -0.39 is 5.60 Å². The van der Waals surface area contributed by atoms with E-state index in [9.17, 15) is 14.3 Å². The number of benzene rings is 1. The zero-order chi connectivity index (χ0) is 26.2. The van der Waals surface area contributed by atoms with Crippen LogP contribution in [-0.4, -0.2) is 45.2 Å². The van der Waals surface area contributed by atoms with Gasteiger partial charge in [-0.3, -0.25) is 4.79 Å². The summed E-state index contributed by atoms with van der Waals surface area (Å²) in [5.41, 5.74) is 0.362. The second-order valence-corrected chi connectivity index (χ2v) is 13.6. The van der Waals surface area contributed by atoms with Gasteiger partial charge in [-0.1, -0.05) is 25.1 Å². The minimum absolute atomic E-state index is 0.0485.